The van der Waals surface area contributed by atoms with Crippen molar-refractivity contribution in [1.29, 1.82) is 0 Å². The number of hydrogen-bond acceptors (Lipinski definition) is 6. The Balaban J connectivity index is 2.09. The fraction of sp³-hybridized carbons (Fsp3) is 0.357. The Labute approximate surface area is 131 Å². The summed E-state index contributed by atoms with van der Waals surface area (Å²) in [4.78, 5) is 38.9. The van der Waals surface area contributed by atoms with Gasteiger partial charge in [0.25, 0.3) is 11.1 Å². The number of nitrogens with zero attached hydrogens (tertiary/aromatic N) is 1. The summed E-state index contributed by atoms with van der Waals surface area (Å²) in [5.41, 5.74) is 0. The zero-order valence-corrected chi connectivity index (χ0v) is 13.5. The number of thioether (sulfide) groups is 1. The molecule has 1 aromatic heterocycles. The SMILES string of the molecule is Cc1ccc(/C=C2/SC(=O)N(CC(=O)OC(C)C)C2=O)s1. The molecule has 0 atom stereocenters. The van der Waals surface area contributed by atoms with Crippen LogP contribution < -0.4 is 0 Å². The van der Waals surface area contributed by atoms with Crippen molar-refractivity contribution < 1.29 is 19.1 Å². The third-order valence-electron chi connectivity index (χ3n) is 2.56. The molecule has 112 valence electrons. The highest BCUT2D eigenvalue weighted by Crippen LogP contribution is 2.33. The van der Waals surface area contributed by atoms with Gasteiger partial charge in [0.1, 0.15) is 6.54 Å². The maximum absolute atomic E-state index is 12.2. The minimum absolute atomic E-state index is 0.276. The number of rotatable bonds is 4. The van der Waals surface area contributed by atoms with Gasteiger partial charge in [-0.15, -0.1) is 11.3 Å². The van der Waals surface area contributed by atoms with Crippen LogP contribution >= 0.6 is 23.1 Å². The van der Waals surface area contributed by atoms with E-state index in [4.69, 9.17) is 4.74 Å². The molecule has 5 nitrogen and oxygen atoms in total. The largest absolute Gasteiger partial charge is 0.462 e. The fourth-order valence-electron chi connectivity index (χ4n) is 1.73. The highest BCUT2D eigenvalue weighted by molar-refractivity contribution is 8.18. The topological polar surface area (TPSA) is 63.7 Å². The quantitative estimate of drug-likeness (QED) is 0.629. The summed E-state index contributed by atoms with van der Waals surface area (Å²) in [6, 6.07) is 3.84. The number of thiophene rings is 1. The number of esters is 1. The molecule has 0 aromatic carbocycles. The number of aryl methyl sites for hydroxylation is 1. The van der Waals surface area contributed by atoms with E-state index in [-0.39, 0.29) is 12.6 Å². The lowest BCUT2D eigenvalue weighted by Gasteiger charge is -2.13. The molecule has 7 heteroatoms. The minimum Gasteiger partial charge on any atom is -0.462 e. The molecule has 1 aliphatic heterocycles. The van der Waals surface area contributed by atoms with Gasteiger partial charge in [0.05, 0.1) is 11.0 Å². The van der Waals surface area contributed by atoms with Gasteiger partial charge in [-0.3, -0.25) is 19.3 Å². The van der Waals surface area contributed by atoms with Crippen molar-refractivity contribution in [2.45, 2.75) is 26.9 Å². The lowest BCUT2D eigenvalue weighted by Crippen LogP contribution is -2.35. The Morgan fingerprint density at radius 3 is 2.67 bits per heavy atom. The van der Waals surface area contributed by atoms with Crippen molar-refractivity contribution in [3.05, 3.63) is 26.8 Å². The molecule has 2 amide bonds. The minimum atomic E-state index is -0.583. The van der Waals surface area contributed by atoms with Crippen molar-refractivity contribution in [2.24, 2.45) is 0 Å². The summed E-state index contributed by atoms with van der Waals surface area (Å²) in [6.07, 6.45) is 1.40. The van der Waals surface area contributed by atoms with Gasteiger partial charge < -0.3 is 4.74 Å². The van der Waals surface area contributed by atoms with Gasteiger partial charge in [-0.2, -0.15) is 0 Å². The van der Waals surface area contributed by atoms with E-state index in [1.165, 1.54) is 11.3 Å². The average molecular weight is 325 g/mol. The smallest absolute Gasteiger partial charge is 0.326 e. The number of carbonyl (C=O) groups excluding carboxylic acids is 3. The molecule has 0 N–H and O–H groups in total. The Morgan fingerprint density at radius 1 is 1.38 bits per heavy atom. The van der Waals surface area contributed by atoms with Crippen LogP contribution in [0, 0.1) is 6.92 Å². The normalized spacial score (nSPS) is 17.1. The predicted molar refractivity (Wildman–Crippen MR) is 83.0 cm³/mol. The molecule has 0 saturated carbocycles. The molecule has 2 rings (SSSR count). The molecule has 0 aliphatic carbocycles. The van der Waals surface area contributed by atoms with Crippen molar-refractivity contribution in [2.75, 3.05) is 6.54 Å². The van der Waals surface area contributed by atoms with Crippen LogP contribution in [0.3, 0.4) is 0 Å². The van der Waals surface area contributed by atoms with E-state index in [0.717, 1.165) is 26.4 Å². The number of hydrogen-bond donors (Lipinski definition) is 0. The van der Waals surface area contributed by atoms with Gasteiger partial charge in [-0.25, -0.2) is 0 Å². The van der Waals surface area contributed by atoms with Crippen molar-refractivity contribution in [3.63, 3.8) is 0 Å². The van der Waals surface area contributed by atoms with E-state index in [1.807, 2.05) is 19.1 Å². The van der Waals surface area contributed by atoms with Gasteiger partial charge in [0.15, 0.2) is 0 Å². The van der Waals surface area contributed by atoms with E-state index in [2.05, 4.69) is 0 Å². The molecule has 21 heavy (non-hydrogen) atoms. The van der Waals surface area contributed by atoms with Crippen LogP contribution in [-0.2, 0) is 14.3 Å². The number of imide groups is 1. The molecule has 0 spiro atoms. The zero-order chi connectivity index (χ0) is 15.6. The second kappa shape index (κ2) is 6.44. The lowest BCUT2D eigenvalue weighted by atomic mass is 10.3. The van der Waals surface area contributed by atoms with Gasteiger partial charge in [-0.1, -0.05) is 0 Å². The first kappa shape index (κ1) is 15.8. The first-order chi connectivity index (χ1) is 9.86. The molecule has 0 radical (unpaired) electrons. The van der Waals surface area contributed by atoms with Gasteiger partial charge in [0.2, 0.25) is 0 Å². The summed E-state index contributed by atoms with van der Waals surface area (Å²) >= 11 is 2.38. The summed E-state index contributed by atoms with van der Waals surface area (Å²) in [7, 11) is 0. The van der Waals surface area contributed by atoms with Crippen molar-refractivity contribution in [3.8, 4) is 0 Å². The van der Waals surface area contributed by atoms with E-state index >= 15 is 0 Å². The molecule has 1 fully saturated rings. The monoisotopic (exact) mass is 325 g/mol. The summed E-state index contributed by atoms with van der Waals surface area (Å²) < 4.78 is 4.95. The molecule has 0 bridgehead atoms. The summed E-state index contributed by atoms with van der Waals surface area (Å²) in [5, 5.41) is -0.444. The molecule has 1 aliphatic rings. The lowest BCUT2D eigenvalue weighted by molar-refractivity contribution is -0.149. The Hall–Kier alpha value is -1.60. The van der Waals surface area contributed by atoms with E-state index in [1.54, 1.807) is 19.9 Å². The van der Waals surface area contributed by atoms with Crippen LogP contribution in [0.5, 0.6) is 0 Å². The molecular formula is C14H15NO4S2. The van der Waals surface area contributed by atoms with Crippen LogP contribution in [0.1, 0.15) is 23.6 Å². The van der Waals surface area contributed by atoms with E-state index in [0.29, 0.717) is 4.91 Å². The highest BCUT2D eigenvalue weighted by Gasteiger charge is 2.36. The second-order valence-corrected chi connectivity index (χ2v) is 7.07. The Bertz CT molecular complexity index is 618. The van der Waals surface area contributed by atoms with Crippen molar-refractivity contribution in [1.82, 2.24) is 4.90 Å². The molecule has 1 saturated heterocycles. The molecular weight excluding hydrogens is 310 g/mol. The molecule has 1 aromatic rings. The van der Waals surface area contributed by atoms with Crippen LogP contribution in [0.15, 0.2) is 17.0 Å². The average Bonchev–Trinajstić information content (AvgIpc) is 2.88. The van der Waals surface area contributed by atoms with Crippen molar-refractivity contribution >= 4 is 46.3 Å². The number of carbonyl (C=O) groups is 3. The van der Waals surface area contributed by atoms with Crippen LogP contribution in [-0.4, -0.2) is 34.7 Å². The van der Waals surface area contributed by atoms with Gasteiger partial charge >= 0.3 is 5.97 Å². The Morgan fingerprint density at radius 2 is 2.10 bits per heavy atom. The van der Waals surface area contributed by atoms with E-state index < -0.39 is 17.1 Å². The summed E-state index contributed by atoms with van der Waals surface area (Å²) in [6.45, 7) is 5.05. The van der Waals surface area contributed by atoms with E-state index in [9.17, 15) is 14.4 Å². The second-order valence-electron chi connectivity index (χ2n) is 4.75. The van der Waals surface area contributed by atoms with Crippen LogP contribution in [0.2, 0.25) is 0 Å². The Kier molecular flexibility index (Phi) is 4.84. The number of ether oxygens (including phenoxy) is 1. The number of amides is 2. The maximum Gasteiger partial charge on any atom is 0.326 e. The predicted octanol–water partition coefficient (Wildman–Crippen LogP) is 3.04. The zero-order valence-electron chi connectivity index (χ0n) is 11.9. The maximum atomic E-state index is 12.2. The first-order valence-corrected chi connectivity index (χ1v) is 8.01. The van der Waals surface area contributed by atoms with Crippen LogP contribution in [0.4, 0.5) is 4.79 Å². The summed E-state index contributed by atoms with van der Waals surface area (Å²) in [5.74, 6) is -1.03. The standard InChI is InChI=1S/C14H15NO4S2/c1-8(2)19-12(16)7-15-13(17)11(21-14(15)18)6-10-5-4-9(3)20-10/h4-6,8H,7H2,1-3H3/b11-6+. The van der Waals surface area contributed by atoms with Gasteiger partial charge in [0, 0.05) is 9.75 Å². The third-order valence-corrected chi connectivity index (χ3v) is 4.42. The van der Waals surface area contributed by atoms with Crippen LogP contribution in [0.25, 0.3) is 6.08 Å². The third kappa shape index (κ3) is 3.95. The first-order valence-electron chi connectivity index (χ1n) is 6.38. The fourth-order valence-corrected chi connectivity index (χ4v) is 3.45. The molecule has 0 unspecified atom stereocenters. The van der Waals surface area contributed by atoms with Gasteiger partial charge in [-0.05, 0) is 50.7 Å². The molecule has 2 heterocycles. The highest BCUT2D eigenvalue weighted by atomic mass is 32.2.